The molecule has 0 fully saturated rings. The maximum atomic E-state index is 12.8. The Bertz CT molecular complexity index is 2140. The predicted molar refractivity (Wildman–Crippen MR) is 145 cm³/mol. The Hall–Kier alpha value is -4.71. The molecule has 3 aromatic heterocycles. The smallest absolute Gasteiger partial charge is 0.160 e. The predicted octanol–water partition coefficient (Wildman–Crippen LogP) is 7.20. The number of aromatic nitrogens is 3. The van der Waals surface area contributed by atoms with Gasteiger partial charge in [-0.1, -0.05) is 36.4 Å². The summed E-state index contributed by atoms with van der Waals surface area (Å²) in [4.78, 5) is 48.8. The summed E-state index contributed by atoms with van der Waals surface area (Å²) in [6.07, 6.45) is 0. The van der Waals surface area contributed by atoms with E-state index in [4.69, 9.17) is 0 Å². The highest BCUT2D eigenvalue weighted by atomic mass is 16.1. The Balaban J connectivity index is 1.92. The van der Waals surface area contributed by atoms with E-state index in [9.17, 15) is 14.4 Å². The normalized spacial score (nSPS) is 12.1. The summed E-state index contributed by atoms with van der Waals surface area (Å²) in [6.45, 7) is 4.71. The molecule has 0 bridgehead atoms. The molecule has 36 heavy (non-hydrogen) atoms. The first-order chi connectivity index (χ1) is 17.4. The Morgan fingerprint density at radius 2 is 0.778 bits per heavy atom. The van der Waals surface area contributed by atoms with Crippen molar-refractivity contribution in [2.45, 2.75) is 20.8 Å². The molecule has 0 spiro atoms. The number of nitrogens with one attached hydrogen (secondary N) is 3. The number of benzene rings is 4. The summed E-state index contributed by atoms with van der Waals surface area (Å²) < 4.78 is 0. The molecule has 6 heteroatoms. The summed E-state index contributed by atoms with van der Waals surface area (Å²) in [5.74, 6) is -0.0904. The SMILES string of the molecule is CC(=O)c1cccc2[nH]c3c4[nH]c5cccc(C(C)=O)c5c4c4c([nH]c5cccc(C(C)=O)c54)c3c12. The first-order valence-electron chi connectivity index (χ1n) is 11.8. The third-order valence-corrected chi connectivity index (χ3v) is 7.36. The minimum absolute atomic E-state index is 0.0224. The third-order valence-electron chi connectivity index (χ3n) is 7.36. The fraction of sp³-hybridized carbons (Fsp3) is 0.100. The van der Waals surface area contributed by atoms with Gasteiger partial charge in [0, 0.05) is 65.6 Å². The van der Waals surface area contributed by atoms with Crippen LogP contribution in [0.25, 0.3) is 65.4 Å². The van der Waals surface area contributed by atoms with Crippen molar-refractivity contribution in [2.75, 3.05) is 0 Å². The summed E-state index contributed by atoms with van der Waals surface area (Å²) in [5, 5.41) is 5.14. The Morgan fingerprint density at radius 3 is 1.19 bits per heavy atom. The van der Waals surface area contributed by atoms with Gasteiger partial charge in [-0.05, 0) is 39.0 Å². The van der Waals surface area contributed by atoms with E-state index in [1.165, 1.54) is 0 Å². The van der Waals surface area contributed by atoms with Crippen LogP contribution in [0, 0.1) is 0 Å². The molecule has 0 amide bonds. The lowest BCUT2D eigenvalue weighted by molar-refractivity contribution is 0.101. The fourth-order valence-electron chi connectivity index (χ4n) is 5.94. The molecule has 0 radical (unpaired) electrons. The van der Waals surface area contributed by atoms with E-state index in [0.717, 1.165) is 65.4 Å². The van der Waals surface area contributed by atoms with Crippen LogP contribution in [-0.2, 0) is 0 Å². The highest BCUT2D eigenvalue weighted by Gasteiger charge is 2.25. The minimum Gasteiger partial charge on any atom is -0.354 e. The van der Waals surface area contributed by atoms with Gasteiger partial charge in [0.25, 0.3) is 0 Å². The zero-order valence-corrected chi connectivity index (χ0v) is 19.9. The highest BCUT2D eigenvalue weighted by molar-refractivity contribution is 6.42. The van der Waals surface area contributed by atoms with Crippen LogP contribution in [0.5, 0.6) is 0 Å². The first kappa shape index (κ1) is 20.6. The highest BCUT2D eigenvalue weighted by Crippen LogP contribution is 2.46. The molecule has 0 aliphatic carbocycles. The van der Waals surface area contributed by atoms with Crippen LogP contribution in [0.4, 0.5) is 0 Å². The molecular weight excluding hydrogens is 450 g/mol. The lowest BCUT2D eigenvalue weighted by atomic mass is 9.95. The molecule has 3 heterocycles. The Labute approximate surface area is 204 Å². The van der Waals surface area contributed by atoms with Crippen LogP contribution >= 0.6 is 0 Å². The number of carbonyl (C=O) groups is 3. The average molecular weight is 472 g/mol. The maximum Gasteiger partial charge on any atom is 0.160 e. The van der Waals surface area contributed by atoms with Crippen LogP contribution in [0.3, 0.4) is 0 Å². The zero-order chi connectivity index (χ0) is 24.9. The van der Waals surface area contributed by atoms with E-state index in [1.807, 2.05) is 54.6 Å². The molecule has 0 saturated heterocycles. The second kappa shape index (κ2) is 6.92. The van der Waals surface area contributed by atoms with Gasteiger partial charge >= 0.3 is 0 Å². The quantitative estimate of drug-likeness (QED) is 0.238. The van der Waals surface area contributed by atoms with Crippen molar-refractivity contribution >= 4 is 82.8 Å². The van der Waals surface area contributed by atoms with Gasteiger partial charge in [0.15, 0.2) is 17.3 Å². The Morgan fingerprint density at radius 1 is 0.444 bits per heavy atom. The van der Waals surface area contributed by atoms with Gasteiger partial charge in [-0.25, -0.2) is 0 Å². The molecule has 174 valence electrons. The van der Waals surface area contributed by atoms with Crippen molar-refractivity contribution in [3.8, 4) is 0 Å². The van der Waals surface area contributed by atoms with E-state index in [0.29, 0.717) is 16.7 Å². The van der Waals surface area contributed by atoms with E-state index in [-0.39, 0.29) is 17.3 Å². The van der Waals surface area contributed by atoms with Crippen LogP contribution in [0.2, 0.25) is 0 Å². The number of fused-ring (bicyclic) bond motifs is 12. The van der Waals surface area contributed by atoms with Gasteiger partial charge in [0.2, 0.25) is 0 Å². The van der Waals surface area contributed by atoms with Gasteiger partial charge in [0.1, 0.15) is 0 Å². The summed E-state index contributed by atoms with van der Waals surface area (Å²) in [5.41, 5.74) is 6.90. The van der Waals surface area contributed by atoms with Crippen molar-refractivity contribution in [3.63, 3.8) is 0 Å². The molecule has 3 N–H and O–H groups in total. The monoisotopic (exact) mass is 471 g/mol. The van der Waals surface area contributed by atoms with Gasteiger partial charge in [-0.15, -0.1) is 0 Å². The molecular formula is C30H21N3O3. The summed E-state index contributed by atoms with van der Waals surface area (Å²) in [7, 11) is 0. The largest absolute Gasteiger partial charge is 0.354 e. The van der Waals surface area contributed by atoms with Crippen LogP contribution < -0.4 is 0 Å². The third kappa shape index (κ3) is 2.48. The van der Waals surface area contributed by atoms with E-state index >= 15 is 0 Å². The molecule has 0 saturated carbocycles. The average Bonchev–Trinajstić information content (AvgIpc) is 3.53. The zero-order valence-electron chi connectivity index (χ0n) is 19.9. The number of hydrogen-bond donors (Lipinski definition) is 3. The molecule has 6 nitrogen and oxygen atoms in total. The maximum absolute atomic E-state index is 12.8. The van der Waals surface area contributed by atoms with Gasteiger partial charge in [-0.2, -0.15) is 0 Å². The number of carbonyl (C=O) groups excluding carboxylic acids is 3. The second-order valence-electron chi connectivity index (χ2n) is 9.48. The number of H-pyrrole nitrogens is 3. The van der Waals surface area contributed by atoms with Crippen molar-refractivity contribution in [1.82, 2.24) is 15.0 Å². The minimum atomic E-state index is -0.0373. The first-order valence-corrected chi connectivity index (χ1v) is 11.8. The number of rotatable bonds is 3. The van der Waals surface area contributed by atoms with E-state index in [2.05, 4.69) is 15.0 Å². The number of hydrogen-bond acceptors (Lipinski definition) is 3. The van der Waals surface area contributed by atoms with Gasteiger partial charge < -0.3 is 15.0 Å². The van der Waals surface area contributed by atoms with Crippen LogP contribution in [0.1, 0.15) is 51.8 Å². The fourth-order valence-corrected chi connectivity index (χ4v) is 5.94. The summed E-state index contributed by atoms with van der Waals surface area (Å²) in [6, 6.07) is 17.0. The molecule has 7 aromatic rings. The number of ketones is 3. The lowest BCUT2D eigenvalue weighted by Crippen LogP contribution is -1.94. The molecule has 7 rings (SSSR count). The second-order valence-corrected chi connectivity index (χ2v) is 9.48. The van der Waals surface area contributed by atoms with Crippen LogP contribution in [-0.4, -0.2) is 32.3 Å². The molecule has 0 aliphatic rings. The number of Topliss-reactive ketones (excluding diaryl/α,β-unsaturated/α-hetero) is 3. The van der Waals surface area contributed by atoms with Gasteiger partial charge in [-0.3, -0.25) is 14.4 Å². The molecule has 0 unspecified atom stereocenters. The number of aromatic amines is 3. The van der Waals surface area contributed by atoms with Crippen molar-refractivity contribution in [2.24, 2.45) is 0 Å². The Kier molecular flexibility index (Phi) is 3.97. The molecule has 4 aromatic carbocycles. The van der Waals surface area contributed by atoms with E-state index < -0.39 is 0 Å². The lowest BCUT2D eigenvalue weighted by Gasteiger charge is -2.05. The van der Waals surface area contributed by atoms with Gasteiger partial charge in [0.05, 0.1) is 16.6 Å². The van der Waals surface area contributed by atoms with Crippen molar-refractivity contribution in [1.29, 1.82) is 0 Å². The topological polar surface area (TPSA) is 98.6 Å². The molecule has 0 aliphatic heterocycles. The van der Waals surface area contributed by atoms with E-state index in [1.54, 1.807) is 20.8 Å². The molecule has 0 atom stereocenters. The summed E-state index contributed by atoms with van der Waals surface area (Å²) >= 11 is 0. The standard InChI is InChI=1S/C30H21N3O3/c1-13(34)16-7-4-10-19-22(16)25-26-23-17(14(2)35)8-5-11-20(23)32-29(26)30-27(28(25)31-19)24-18(15(3)36)9-6-12-21(24)33-30/h4-12,31-33H,1-3H3. The van der Waals surface area contributed by atoms with Crippen LogP contribution in [0.15, 0.2) is 54.6 Å². The van der Waals surface area contributed by atoms with Crippen molar-refractivity contribution in [3.05, 3.63) is 71.3 Å². The van der Waals surface area contributed by atoms with Crippen molar-refractivity contribution < 1.29 is 14.4 Å².